The second kappa shape index (κ2) is 9.31. The minimum atomic E-state index is -0.276. The van der Waals surface area contributed by atoms with Gasteiger partial charge in [0.05, 0.1) is 11.1 Å². The van der Waals surface area contributed by atoms with Crippen LogP contribution >= 0.6 is 0 Å². The summed E-state index contributed by atoms with van der Waals surface area (Å²) in [6, 6.07) is 15.1. The van der Waals surface area contributed by atoms with Gasteiger partial charge in [0.25, 0.3) is 11.8 Å². The Morgan fingerprint density at radius 1 is 0.903 bits per heavy atom. The topological polar surface area (TPSA) is 73.0 Å². The molecule has 0 atom stereocenters. The number of rotatable bonds is 7. The molecule has 1 N–H and O–H groups in total. The van der Waals surface area contributed by atoms with Gasteiger partial charge in [0.2, 0.25) is 5.91 Å². The second-order valence-electron chi connectivity index (χ2n) is 8.14. The van der Waals surface area contributed by atoms with Crippen molar-refractivity contribution in [2.24, 2.45) is 0 Å². The standard InChI is InChI=1S/C24H28N4O3/c1-26-13-15-27(16-14-26)19-10-8-18(9-11-19)17-25-22(29)7-4-12-28-23(30)20-5-2-3-6-21(20)24(28)31/h2-3,5-6,8-11H,4,7,12-17H2,1H3,(H,25,29). The zero-order chi connectivity index (χ0) is 21.8. The summed E-state index contributed by atoms with van der Waals surface area (Å²) in [6.07, 6.45) is 0.715. The number of carbonyl (C=O) groups excluding carboxylic acids is 3. The van der Waals surface area contributed by atoms with Crippen LogP contribution in [0.5, 0.6) is 0 Å². The number of nitrogens with zero attached hydrogens (tertiary/aromatic N) is 3. The maximum absolute atomic E-state index is 12.4. The van der Waals surface area contributed by atoms with Crippen LogP contribution in [0.25, 0.3) is 0 Å². The quantitative estimate of drug-likeness (QED) is 0.695. The molecule has 0 radical (unpaired) electrons. The Bertz CT molecular complexity index is 930. The molecule has 162 valence electrons. The first-order valence-electron chi connectivity index (χ1n) is 10.8. The van der Waals surface area contributed by atoms with Crippen molar-refractivity contribution in [3.63, 3.8) is 0 Å². The van der Waals surface area contributed by atoms with E-state index in [0.29, 0.717) is 24.1 Å². The third-order valence-electron chi connectivity index (χ3n) is 5.96. The number of nitrogens with one attached hydrogen (secondary N) is 1. The van der Waals surface area contributed by atoms with Crippen LogP contribution in [0.3, 0.4) is 0 Å². The highest BCUT2D eigenvalue weighted by molar-refractivity contribution is 6.21. The van der Waals surface area contributed by atoms with Crippen molar-refractivity contribution in [1.82, 2.24) is 15.1 Å². The van der Waals surface area contributed by atoms with Crippen LogP contribution in [0.2, 0.25) is 0 Å². The van der Waals surface area contributed by atoms with Crippen LogP contribution in [0.15, 0.2) is 48.5 Å². The Kier molecular flexibility index (Phi) is 6.32. The maximum Gasteiger partial charge on any atom is 0.261 e. The minimum absolute atomic E-state index is 0.0836. The van der Waals surface area contributed by atoms with Gasteiger partial charge in [0, 0.05) is 51.4 Å². The lowest BCUT2D eigenvalue weighted by molar-refractivity contribution is -0.121. The van der Waals surface area contributed by atoms with E-state index in [1.54, 1.807) is 24.3 Å². The molecule has 2 aromatic carbocycles. The molecule has 3 amide bonds. The lowest BCUT2D eigenvalue weighted by Gasteiger charge is -2.34. The summed E-state index contributed by atoms with van der Waals surface area (Å²) in [4.78, 5) is 42.8. The summed E-state index contributed by atoms with van der Waals surface area (Å²) in [7, 11) is 2.14. The molecule has 1 fully saturated rings. The van der Waals surface area contributed by atoms with E-state index in [9.17, 15) is 14.4 Å². The molecule has 2 aliphatic rings. The normalized spacial score (nSPS) is 16.5. The Balaban J connectivity index is 1.20. The number of piperazine rings is 1. The van der Waals surface area contributed by atoms with E-state index in [2.05, 4.69) is 34.3 Å². The summed E-state index contributed by atoms with van der Waals surface area (Å²) in [5.41, 5.74) is 3.14. The van der Waals surface area contributed by atoms with E-state index in [4.69, 9.17) is 0 Å². The van der Waals surface area contributed by atoms with Crippen LogP contribution in [0, 0.1) is 0 Å². The van der Waals surface area contributed by atoms with E-state index < -0.39 is 0 Å². The van der Waals surface area contributed by atoms with Gasteiger partial charge in [-0.05, 0) is 43.3 Å². The van der Waals surface area contributed by atoms with Gasteiger partial charge in [0.15, 0.2) is 0 Å². The monoisotopic (exact) mass is 420 g/mol. The van der Waals surface area contributed by atoms with Crippen molar-refractivity contribution >= 4 is 23.4 Å². The van der Waals surface area contributed by atoms with Crippen molar-refractivity contribution in [2.45, 2.75) is 19.4 Å². The van der Waals surface area contributed by atoms with Gasteiger partial charge in [0.1, 0.15) is 0 Å². The van der Waals surface area contributed by atoms with Crippen LogP contribution < -0.4 is 10.2 Å². The van der Waals surface area contributed by atoms with Gasteiger partial charge in [-0.2, -0.15) is 0 Å². The number of hydrogen-bond acceptors (Lipinski definition) is 5. The molecular formula is C24H28N4O3. The van der Waals surface area contributed by atoms with Gasteiger partial charge in [-0.1, -0.05) is 24.3 Å². The lowest BCUT2D eigenvalue weighted by atomic mass is 10.1. The average molecular weight is 421 g/mol. The van der Waals surface area contributed by atoms with Gasteiger partial charge in [-0.3, -0.25) is 19.3 Å². The van der Waals surface area contributed by atoms with Crippen molar-refractivity contribution in [1.29, 1.82) is 0 Å². The molecule has 4 rings (SSSR count). The van der Waals surface area contributed by atoms with Gasteiger partial charge in [-0.15, -0.1) is 0 Å². The SMILES string of the molecule is CN1CCN(c2ccc(CNC(=O)CCCN3C(=O)c4ccccc4C3=O)cc2)CC1. The molecule has 0 unspecified atom stereocenters. The van der Waals surface area contributed by atoms with Gasteiger partial charge >= 0.3 is 0 Å². The first kappa shape index (κ1) is 21.1. The summed E-state index contributed by atoms with van der Waals surface area (Å²) < 4.78 is 0. The highest BCUT2D eigenvalue weighted by atomic mass is 16.2. The van der Waals surface area contributed by atoms with Crippen molar-refractivity contribution in [3.8, 4) is 0 Å². The van der Waals surface area contributed by atoms with Crippen LogP contribution in [0.1, 0.15) is 39.1 Å². The Hall–Kier alpha value is -3.19. The second-order valence-corrected chi connectivity index (χ2v) is 8.14. The summed E-state index contributed by atoms with van der Waals surface area (Å²) in [5.74, 6) is -0.636. The minimum Gasteiger partial charge on any atom is -0.369 e. The van der Waals surface area contributed by atoms with Crippen molar-refractivity contribution < 1.29 is 14.4 Å². The van der Waals surface area contributed by atoms with Gasteiger partial charge in [-0.25, -0.2) is 0 Å². The number of hydrogen-bond donors (Lipinski definition) is 1. The largest absolute Gasteiger partial charge is 0.369 e. The third kappa shape index (κ3) is 4.77. The van der Waals surface area contributed by atoms with E-state index in [1.807, 2.05) is 12.1 Å². The Morgan fingerprint density at radius 3 is 2.13 bits per heavy atom. The summed E-state index contributed by atoms with van der Waals surface area (Å²) in [5, 5.41) is 2.92. The Labute approximate surface area is 182 Å². The Morgan fingerprint density at radius 2 is 1.52 bits per heavy atom. The summed E-state index contributed by atoms with van der Waals surface area (Å²) >= 11 is 0. The van der Waals surface area contributed by atoms with Crippen LogP contribution in [-0.2, 0) is 11.3 Å². The first-order valence-corrected chi connectivity index (χ1v) is 10.8. The van der Waals surface area contributed by atoms with E-state index in [1.165, 1.54) is 10.6 Å². The van der Waals surface area contributed by atoms with E-state index in [-0.39, 0.29) is 30.7 Å². The number of fused-ring (bicyclic) bond motifs is 1. The highest BCUT2D eigenvalue weighted by Gasteiger charge is 2.34. The zero-order valence-electron chi connectivity index (χ0n) is 17.8. The molecule has 0 aromatic heterocycles. The van der Waals surface area contributed by atoms with Gasteiger partial charge < -0.3 is 15.1 Å². The maximum atomic E-state index is 12.4. The molecule has 7 nitrogen and oxygen atoms in total. The van der Waals surface area contributed by atoms with Crippen molar-refractivity contribution in [3.05, 3.63) is 65.2 Å². The number of carbonyl (C=O) groups is 3. The fourth-order valence-electron chi connectivity index (χ4n) is 4.02. The zero-order valence-corrected chi connectivity index (χ0v) is 17.8. The van der Waals surface area contributed by atoms with Crippen LogP contribution in [-0.4, -0.2) is 67.3 Å². The molecule has 2 aliphatic heterocycles. The fourth-order valence-corrected chi connectivity index (χ4v) is 4.02. The lowest BCUT2D eigenvalue weighted by Crippen LogP contribution is -2.44. The molecule has 0 spiro atoms. The highest BCUT2D eigenvalue weighted by Crippen LogP contribution is 2.22. The summed E-state index contributed by atoms with van der Waals surface area (Å²) in [6.45, 7) is 4.91. The molecule has 2 heterocycles. The predicted octanol–water partition coefficient (Wildman–Crippen LogP) is 2.13. The molecule has 1 saturated heterocycles. The molecular weight excluding hydrogens is 392 g/mol. The molecule has 31 heavy (non-hydrogen) atoms. The fraction of sp³-hybridized carbons (Fsp3) is 0.375. The number of anilines is 1. The molecule has 0 aliphatic carbocycles. The third-order valence-corrected chi connectivity index (χ3v) is 5.96. The number of amides is 3. The first-order chi connectivity index (χ1) is 15.0. The average Bonchev–Trinajstić information content (AvgIpc) is 3.04. The number of benzene rings is 2. The molecule has 2 aromatic rings. The van der Waals surface area contributed by atoms with Crippen molar-refractivity contribution in [2.75, 3.05) is 44.7 Å². The van der Waals surface area contributed by atoms with E-state index in [0.717, 1.165) is 31.7 Å². The molecule has 0 saturated carbocycles. The smallest absolute Gasteiger partial charge is 0.261 e. The molecule has 0 bridgehead atoms. The van der Waals surface area contributed by atoms with Crippen LogP contribution in [0.4, 0.5) is 5.69 Å². The molecule has 7 heteroatoms. The number of likely N-dealkylation sites (N-methyl/N-ethyl adjacent to an activating group) is 1. The van der Waals surface area contributed by atoms with E-state index >= 15 is 0 Å². The number of imide groups is 1. The predicted molar refractivity (Wildman–Crippen MR) is 119 cm³/mol.